The van der Waals surface area contributed by atoms with Crippen molar-refractivity contribution in [2.45, 2.75) is 6.18 Å². The third-order valence-electron chi connectivity index (χ3n) is 1.30. The van der Waals surface area contributed by atoms with Crippen LogP contribution in [0.1, 0.15) is 0 Å². The lowest BCUT2D eigenvalue weighted by Crippen LogP contribution is -2.13. The van der Waals surface area contributed by atoms with Crippen LogP contribution in [0.25, 0.3) is 0 Å². The number of allylic oxidation sites excluding steroid dienone is 4. The highest BCUT2D eigenvalue weighted by atomic mass is 35.5. The van der Waals surface area contributed by atoms with E-state index in [0.29, 0.717) is 6.08 Å². The zero-order valence-corrected chi connectivity index (χ0v) is 7.34. The van der Waals surface area contributed by atoms with Gasteiger partial charge < -0.3 is 0 Å². The molecule has 0 N–H and O–H groups in total. The molecule has 0 fully saturated rings. The summed E-state index contributed by atoms with van der Waals surface area (Å²) in [6.45, 7) is 5.69. The van der Waals surface area contributed by atoms with Crippen LogP contribution in [-0.4, -0.2) is 12.1 Å². The molecule has 74 valence electrons. The quantitative estimate of drug-likeness (QED) is 0.381. The molecule has 0 aromatic carbocycles. The lowest BCUT2D eigenvalue weighted by molar-refractivity contribution is -0.0889. The van der Waals surface area contributed by atoms with Gasteiger partial charge in [-0.2, -0.15) is 13.2 Å². The van der Waals surface area contributed by atoms with E-state index in [4.69, 9.17) is 11.6 Å². The molecule has 0 aliphatic heterocycles. The average Bonchev–Trinajstić information content (AvgIpc) is 1.96. The Kier molecular flexibility index (Phi) is 4.20. The fourth-order valence-corrected chi connectivity index (χ4v) is 0.990. The fraction of sp³-hybridized carbons (Fsp3) is 0.250. The van der Waals surface area contributed by atoms with E-state index in [2.05, 4.69) is 13.2 Å². The van der Waals surface area contributed by atoms with E-state index >= 15 is 0 Å². The van der Waals surface area contributed by atoms with Gasteiger partial charge in [-0.3, -0.25) is 0 Å². The van der Waals surface area contributed by atoms with E-state index < -0.39 is 29.0 Å². The van der Waals surface area contributed by atoms with Crippen molar-refractivity contribution in [3.63, 3.8) is 0 Å². The van der Waals surface area contributed by atoms with Crippen molar-refractivity contribution < 1.29 is 17.6 Å². The second kappa shape index (κ2) is 4.46. The zero-order valence-electron chi connectivity index (χ0n) is 6.59. The summed E-state index contributed by atoms with van der Waals surface area (Å²) in [7, 11) is 0. The number of halogens is 5. The fourth-order valence-electron chi connectivity index (χ4n) is 0.701. The third kappa shape index (κ3) is 3.22. The van der Waals surface area contributed by atoms with Crippen LogP contribution in [0.4, 0.5) is 17.6 Å². The summed E-state index contributed by atoms with van der Waals surface area (Å²) < 4.78 is 48.8. The van der Waals surface area contributed by atoms with E-state index in [-0.39, 0.29) is 0 Å². The smallest absolute Gasteiger partial charge is 0.207 e. The van der Waals surface area contributed by atoms with Crippen molar-refractivity contribution in [3.8, 4) is 0 Å². The first kappa shape index (κ1) is 12.2. The third-order valence-corrected chi connectivity index (χ3v) is 1.56. The molecule has 0 aromatic heterocycles. The van der Waals surface area contributed by atoms with Gasteiger partial charge in [0.15, 0.2) is 0 Å². The Labute approximate surface area is 78.2 Å². The molecule has 5 heteroatoms. The molecule has 0 aromatic rings. The number of rotatable bonds is 3. The summed E-state index contributed by atoms with van der Waals surface area (Å²) in [5.74, 6) is -1.78. The Morgan fingerprint density at radius 1 is 1.38 bits per heavy atom. The minimum Gasteiger partial charge on any atom is -0.207 e. The molecule has 0 aliphatic rings. The maximum absolute atomic E-state index is 12.4. The zero-order chi connectivity index (χ0) is 10.6. The predicted molar refractivity (Wildman–Crippen MR) is 44.2 cm³/mol. The predicted octanol–water partition coefficient (Wildman–Crippen LogP) is 3.75. The molecule has 0 radical (unpaired) electrons. The van der Waals surface area contributed by atoms with Crippen LogP contribution >= 0.6 is 11.6 Å². The van der Waals surface area contributed by atoms with Crippen molar-refractivity contribution in [2.24, 2.45) is 0 Å². The molecule has 0 spiro atoms. The van der Waals surface area contributed by atoms with Gasteiger partial charge in [0, 0.05) is 5.57 Å². The van der Waals surface area contributed by atoms with Gasteiger partial charge in [0.25, 0.3) is 0 Å². The molecule has 0 heterocycles. The minimum absolute atomic E-state index is 0.516. The summed E-state index contributed by atoms with van der Waals surface area (Å²) in [5.41, 5.74) is -1.86. The lowest BCUT2D eigenvalue weighted by atomic mass is 10.1. The Bertz CT molecular complexity index is 249. The van der Waals surface area contributed by atoms with Gasteiger partial charge >= 0.3 is 6.18 Å². The summed E-state index contributed by atoms with van der Waals surface area (Å²) in [6, 6.07) is 0. The van der Waals surface area contributed by atoms with Gasteiger partial charge in [-0.05, 0) is 0 Å². The van der Waals surface area contributed by atoms with Crippen LogP contribution < -0.4 is 0 Å². The number of alkyl halides is 4. The highest BCUT2D eigenvalue weighted by Gasteiger charge is 2.34. The molecule has 13 heavy (non-hydrogen) atoms. The summed E-state index contributed by atoms with van der Waals surface area (Å²) in [6.07, 6.45) is -4.14. The normalized spacial score (nSPS) is 13.6. The Morgan fingerprint density at radius 2 is 1.85 bits per heavy atom. The van der Waals surface area contributed by atoms with Gasteiger partial charge in [0.1, 0.15) is 5.83 Å². The van der Waals surface area contributed by atoms with E-state index in [1.54, 1.807) is 0 Å². The minimum atomic E-state index is -4.65. The topological polar surface area (TPSA) is 0 Å². The first-order valence-electron chi connectivity index (χ1n) is 3.18. The Morgan fingerprint density at radius 3 is 1.92 bits per heavy atom. The second-order valence-electron chi connectivity index (χ2n) is 2.13. The first-order valence-corrected chi connectivity index (χ1v) is 3.71. The van der Waals surface area contributed by atoms with E-state index in [1.807, 2.05) is 0 Å². The van der Waals surface area contributed by atoms with Crippen molar-refractivity contribution in [1.29, 1.82) is 0 Å². The summed E-state index contributed by atoms with van der Waals surface area (Å²) in [5, 5.41) is 0. The van der Waals surface area contributed by atoms with Crippen LogP contribution in [0.15, 0.2) is 36.2 Å². The molecular formula is C8H7ClF4. The van der Waals surface area contributed by atoms with Gasteiger partial charge in [-0.15, -0.1) is 11.6 Å². The standard InChI is InChI=1S/C8H7ClF4/c1-3-7(8(11,12)13)6(4-9)5(2)10/h3H,1-2,4H2/b7-6+. The highest BCUT2D eigenvalue weighted by molar-refractivity contribution is 6.19. The van der Waals surface area contributed by atoms with Gasteiger partial charge in [0.2, 0.25) is 0 Å². The molecule has 0 nitrogen and oxygen atoms in total. The molecule has 0 amide bonds. The van der Waals surface area contributed by atoms with Gasteiger partial charge in [-0.1, -0.05) is 19.2 Å². The first-order chi connectivity index (χ1) is 5.84. The molecule has 0 saturated carbocycles. The molecule has 0 rings (SSSR count). The monoisotopic (exact) mass is 214 g/mol. The lowest BCUT2D eigenvalue weighted by Gasteiger charge is -2.11. The SMILES string of the molecule is C=C/C(=C(/CCl)C(=C)F)C(F)(F)F. The van der Waals surface area contributed by atoms with Crippen LogP contribution in [0.3, 0.4) is 0 Å². The van der Waals surface area contributed by atoms with Crippen LogP contribution in [-0.2, 0) is 0 Å². The Hall–Kier alpha value is -0.770. The second-order valence-corrected chi connectivity index (χ2v) is 2.40. The molecule has 0 aliphatic carbocycles. The molecule has 0 bridgehead atoms. The van der Waals surface area contributed by atoms with Crippen molar-refractivity contribution >= 4 is 11.6 Å². The summed E-state index contributed by atoms with van der Waals surface area (Å²) >= 11 is 5.14. The maximum atomic E-state index is 12.4. The largest absolute Gasteiger partial charge is 0.416 e. The van der Waals surface area contributed by atoms with Crippen LogP contribution in [0, 0.1) is 0 Å². The Balaban J connectivity index is 5.31. The van der Waals surface area contributed by atoms with E-state index in [0.717, 1.165) is 0 Å². The average molecular weight is 215 g/mol. The van der Waals surface area contributed by atoms with Gasteiger partial charge in [0.05, 0.1) is 11.5 Å². The maximum Gasteiger partial charge on any atom is 0.416 e. The molecular weight excluding hydrogens is 208 g/mol. The number of hydrogen-bond donors (Lipinski definition) is 0. The van der Waals surface area contributed by atoms with E-state index in [9.17, 15) is 17.6 Å². The number of hydrogen-bond acceptors (Lipinski definition) is 0. The van der Waals surface area contributed by atoms with Gasteiger partial charge in [-0.25, -0.2) is 4.39 Å². The molecule has 0 saturated heterocycles. The highest BCUT2D eigenvalue weighted by Crippen LogP contribution is 2.32. The van der Waals surface area contributed by atoms with Crippen LogP contribution in [0.2, 0.25) is 0 Å². The van der Waals surface area contributed by atoms with Crippen molar-refractivity contribution in [3.05, 3.63) is 36.2 Å². The van der Waals surface area contributed by atoms with E-state index in [1.165, 1.54) is 0 Å². The van der Waals surface area contributed by atoms with Crippen molar-refractivity contribution in [1.82, 2.24) is 0 Å². The van der Waals surface area contributed by atoms with Crippen LogP contribution in [0.5, 0.6) is 0 Å². The summed E-state index contributed by atoms with van der Waals surface area (Å²) in [4.78, 5) is 0. The molecule has 0 unspecified atom stereocenters. The van der Waals surface area contributed by atoms with Crippen molar-refractivity contribution in [2.75, 3.05) is 5.88 Å². The molecule has 0 atom stereocenters.